The summed E-state index contributed by atoms with van der Waals surface area (Å²) in [5.41, 5.74) is 1.56. The molecule has 0 spiro atoms. The molecule has 1 aromatic heterocycles. The van der Waals surface area contributed by atoms with Gasteiger partial charge in [0.1, 0.15) is 0 Å². The van der Waals surface area contributed by atoms with Crippen LogP contribution in [0.4, 0.5) is 5.69 Å². The molecular formula is C8H8N2. The van der Waals surface area contributed by atoms with Crippen LogP contribution in [-0.2, 0) is 6.42 Å². The molecule has 0 radical (unpaired) electrons. The van der Waals surface area contributed by atoms with Crippen molar-refractivity contribution in [2.45, 2.75) is 13.3 Å². The van der Waals surface area contributed by atoms with Gasteiger partial charge in [0, 0.05) is 11.9 Å². The fourth-order valence-electron chi connectivity index (χ4n) is 0.804. The third kappa shape index (κ3) is 1.14. The Hall–Kier alpha value is -1.36. The second-order valence-electron chi connectivity index (χ2n) is 1.93. The first-order valence-corrected chi connectivity index (χ1v) is 3.20. The van der Waals surface area contributed by atoms with Crippen LogP contribution < -0.4 is 0 Å². The van der Waals surface area contributed by atoms with Crippen molar-refractivity contribution >= 4 is 5.69 Å². The van der Waals surface area contributed by atoms with E-state index in [0.29, 0.717) is 5.69 Å². The van der Waals surface area contributed by atoms with E-state index >= 15 is 0 Å². The summed E-state index contributed by atoms with van der Waals surface area (Å²) in [6.45, 7) is 8.77. The van der Waals surface area contributed by atoms with E-state index < -0.39 is 0 Å². The molecule has 1 aromatic rings. The summed E-state index contributed by atoms with van der Waals surface area (Å²) < 4.78 is 0. The molecule has 0 aliphatic rings. The average Bonchev–Trinajstić information content (AvgIpc) is 2.04. The van der Waals surface area contributed by atoms with Crippen LogP contribution in [0.25, 0.3) is 4.85 Å². The molecule has 0 saturated carbocycles. The monoisotopic (exact) mass is 132 g/mol. The number of hydrogen-bond donors (Lipinski definition) is 0. The molecule has 0 bridgehead atoms. The summed E-state index contributed by atoms with van der Waals surface area (Å²) in [5, 5.41) is 0. The zero-order valence-corrected chi connectivity index (χ0v) is 5.83. The van der Waals surface area contributed by atoms with Crippen molar-refractivity contribution in [3.05, 3.63) is 35.4 Å². The van der Waals surface area contributed by atoms with E-state index in [1.54, 1.807) is 18.3 Å². The summed E-state index contributed by atoms with van der Waals surface area (Å²) in [5.74, 6) is 0. The third-order valence-corrected chi connectivity index (χ3v) is 1.32. The number of nitrogens with zero attached hydrogens (tertiary/aromatic N) is 2. The van der Waals surface area contributed by atoms with Crippen LogP contribution >= 0.6 is 0 Å². The maximum Gasteiger partial charge on any atom is 0.208 e. The molecular weight excluding hydrogens is 124 g/mol. The zero-order valence-electron chi connectivity index (χ0n) is 5.83. The Morgan fingerprint density at radius 1 is 1.70 bits per heavy atom. The van der Waals surface area contributed by atoms with Gasteiger partial charge >= 0.3 is 0 Å². The third-order valence-electron chi connectivity index (χ3n) is 1.32. The standard InChI is InChI=1S/C8H8N2/c1-3-7-8(9-2)5-4-6-10-7/h4-6H,3H2,1H3. The highest BCUT2D eigenvalue weighted by molar-refractivity contribution is 5.48. The fourth-order valence-corrected chi connectivity index (χ4v) is 0.804. The van der Waals surface area contributed by atoms with Gasteiger partial charge in [0.05, 0.1) is 6.57 Å². The SMILES string of the molecule is [C-]#[N+]c1cccnc1CC. The summed E-state index contributed by atoms with van der Waals surface area (Å²) in [7, 11) is 0. The van der Waals surface area contributed by atoms with Gasteiger partial charge in [-0.25, -0.2) is 4.85 Å². The molecule has 2 nitrogen and oxygen atoms in total. The van der Waals surface area contributed by atoms with Crippen LogP contribution in [0, 0.1) is 6.57 Å². The van der Waals surface area contributed by atoms with Gasteiger partial charge < -0.3 is 0 Å². The smallest absolute Gasteiger partial charge is 0.208 e. The number of hydrogen-bond acceptors (Lipinski definition) is 1. The summed E-state index contributed by atoms with van der Waals surface area (Å²) >= 11 is 0. The van der Waals surface area contributed by atoms with Crippen LogP contribution in [0.2, 0.25) is 0 Å². The predicted molar refractivity (Wildman–Crippen MR) is 39.9 cm³/mol. The van der Waals surface area contributed by atoms with Crippen molar-refractivity contribution in [2.75, 3.05) is 0 Å². The van der Waals surface area contributed by atoms with Gasteiger partial charge in [-0.1, -0.05) is 19.1 Å². The molecule has 1 heterocycles. The van der Waals surface area contributed by atoms with Crippen molar-refractivity contribution in [2.24, 2.45) is 0 Å². The molecule has 2 heteroatoms. The lowest BCUT2D eigenvalue weighted by Crippen LogP contribution is -1.83. The number of pyridine rings is 1. The number of aryl methyl sites for hydroxylation is 1. The highest BCUT2D eigenvalue weighted by atomic mass is 14.7. The van der Waals surface area contributed by atoms with Gasteiger partial charge in [0.25, 0.3) is 0 Å². The minimum absolute atomic E-state index is 0.671. The lowest BCUT2D eigenvalue weighted by molar-refractivity contribution is 1.04. The van der Waals surface area contributed by atoms with Gasteiger partial charge in [-0.3, -0.25) is 4.98 Å². The molecule has 0 saturated heterocycles. The second kappa shape index (κ2) is 2.98. The molecule has 0 N–H and O–H groups in total. The summed E-state index contributed by atoms with van der Waals surface area (Å²) in [6.07, 6.45) is 2.55. The van der Waals surface area contributed by atoms with Crippen molar-refractivity contribution in [1.82, 2.24) is 4.98 Å². The van der Waals surface area contributed by atoms with E-state index in [4.69, 9.17) is 6.57 Å². The Bertz CT molecular complexity index is 260. The minimum Gasteiger partial charge on any atom is -0.273 e. The van der Waals surface area contributed by atoms with E-state index in [-0.39, 0.29) is 0 Å². The fraction of sp³-hybridized carbons (Fsp3) is 0.250. The van der Waals surface area contributed by atoms with E-state index in [0.717, 1.165) is 12.1 Å². The quantitative estimate of drug-likeness (QED) is 0.535. The molecule has 0 atom stereocenters. The molecule has 10 heavy (non-hydrogen) atoms. The molecule has 0 aliphatic carbocycles. The van der Waals surface area contributed by atoms with E-state index in [1.807, 2.05) is 6.92 Å². The Balaban J connectivity index is 3.12. The lowest BCUT2D eigenvalue weighted by Gasteiger charge is -1.95. The highest BCUT2D eigenvalue weighted by Gasteiger charge is 1.96. The first-order valence-electron chi connectivity index (χ1n) is 3.20. The molecule has 0 fully saturated rings. The van der Waals surface area contributed by atoms with Crippen LogP contribution in [0.5, 0.6) is 0 Å². The van der Waals surface area contributed by atoms with Crippen LogP contribution in [0.1, 0.15) is 12.6 Å². The largest absolute Gasteiger partial charge is 0.273 e. The van der Waals surface area contributed by atoms with Gasteiger partial charge in [-0.2, -0.15) is 0 Å². The molecule has 0 aliphatic heterocycles. The van der Waals surface area contributed by atoms with Crippen LogP contribution in [-0.4, -0.2) is 4.98 Å². The molecule has 50 valence electrons. The Labute approximate surface area is 60.3 Å². The normalized spacial score (nSPS) is 8.80. The number of rotatable bonds is 1. The highest BCUT2D eigenvalue weighted by Crippen LogP contribution is 2.15. The predicted octanol–water partition coefficient (Wildman–Crippen LogP) is 2.19. The van der Waals surface area contributed by atoms with Crippen LogP contribution in [0.3, 0.4) is 0 Å². The molecule has 0 unspecified atom stereocenters. The first-order chi connectivity index (χ1) is 4.88. The van der Waals surface area contributed by atoms with E-state index in [1.165, 1.54) is 0 Å². The summed E-state index contributed by atoms with van der Waals surface area (Å²) in [6, 6.07) is 3.57. The Morgan fingerprint density at radius 3 is 3.00 bits per heavy atom. The van der Waals surface area contributed by atoms with Crippen molar-refractivity contribution < 1.29 is 0 Å². The van der Waals surface area contributed by atoms with Gasteiger partial charge in [-0.15, -0.1) is 0 Å². The van der Waals surface area contributed by atoms with E-state index in [9.17, 15) is 0 Å². The van der Waals surface area contributed by atoms with Crippen molar-refractivity contribution in [3.8, 4) is 0 Å². The maximum absolute atomic E-state index is 6.77. The van der Waals surface area contributed by atoms with Crippen molar-refractivity contribution in [1.29, 1.82) is 0 Å². The average molecular weight is 132 g/mol. The molecule has 0 amide bonds. The summed E-state index contributed by atoms with van der Waals surface area (Å²) in [4.78, 5) is 7.38. The molecule has 1 rings (SSSR count). The van der Waals surface area contributed by atoms with E-state index in [2.05, 4.69) is 9.83 Å². The van der Waals surface area contributed by atoms with Gasteiger partial charge in [0.2, 0.25) is 5.69 Å². The topological polar surface area (TPSA) is 17.2 Å². The van der Waals surface area contributed by atoms with Gasteiger partial charge in [0.15, 0.2) is 0 Å². The van der Waals surface area contributed by atoms with Crippen molar-refractivity contribution in [3.63, 3.8) is 0 Å². The zero-order chi connectivity index (χ0) is 7.40. The Morgan fingerprint density at radius 2 is 2.50 bits per heavy atom. The lowest BCUT2D eigenvalue weighted by atomic mass is 10.2. The maximum atomic E-state index is 6.77. The van der Waals surface area contributed by atoms with Crippen LogP contribution in [0.15, 0.2) is 18.3 Å². The minimum atomic E-state index is 0.671. The second-order valence-corrected chi connectivity index (χ2v) is 1.93. The van der Waals surface area contributed by atoms with Gasteiger partial charge in [-0.05, 0) is 6.42 Å². The Kier molecular flexibility index (Phi) is 2.01. The molecule has 0 aromatic carbocycles. The number of aromatic nitrogens is 1. The first kappa shape index (κ1) is 6.76.